The maximum absolute atomic E-state index is 12.6. The number of halogens is 3. The summed E-state index contributed by atoms with van der Waals surface area (Å²) in [5.41, 5.74) is 0.425. The number of aromatic nitrogens is 2. The second-order valence-corrected chi connectivity index (χ2v) is 6.15. The van der Waals surface area contributed by atoms with E-state index in [2.05, 4.69) is 27.4 Å². The fourth-order valence-electron chi connectivity index (χ4n) is 2.13. The molecule has 2 N–H and O–H groups in total. The third-order valence-corrected chi connectivity index (χ3v) is 4.26. The molecule has 0 atom stereocenters. The Morgan fingerprint density at radius 3 is 2.81 bits per heavy atom. The zero-order valence-corrected chi connectivity index (χ0v) is 14.0. The van der Waals surface area contributed by atoms with Gasteiger partial charge in [-0.3, -0.25) is 9.89 Å². The normalized spacial score (nSPS) is 10.9. The molecule has 8 heteroatoms. The monoisotopic (exact) mass is 375 g/mol. The van der Waals surface area contributed by atoms with E-state index >= 15 is 0 Å². The quantitative estimate of drug-likeness (QED) is 0.682. The Morgan fingerprint density at radius 1 is 1.23 bits per heavy atom. The lowest BCUT2D eigenvalue weighted by Crippen LogP contribution is -2.23. The second kappa shape index (κ2) is 7.45. The van der Waals surface area contributed by atoms with E-state index in [1.54, 1.807) is 6.07 Å². The summed E-state index contributed by atoms with van der Waals surface area (Å²) in [4.78, 5) is 13.0. The second-order valence-electron chi connectivity index (χ2n) is 5.21. The first-order chi connectivity index (χ1) is 12.4. The first-order valence-corrected chi connectivity index (χ1v) is 8.35. The van der Waals surface area contributed by atoms with Gasteiger partial charge in [-0.2, -0.15) is 18.3 Å². The number of H-pyrrole nitrogens is 1. The predicted octanol–water partition coefficient (Wildman–Crippen LogP) is 3.94. The van der Waals surface area contributed by atoms with Gasteiger partial charge < -0.3 is 5.32 Å². The summed E-state index contributed by atoms with van der Waals surface area (Å²) in [6, 6.07) is 10.1. The third kappa shape index (κ3) is 4.32. The molecular formula is C18H12F3N3OS. The van der Waals surface area contributed by atoms with E-state index in [-0.39, 0.29) is 17.8 Å². The van der Waals surface area contributed by atoms with Gasteiger partial charge in [0.1, 0.15) is 0 Å². The number of benzene rings is 1. The number of aromatic amines is 1. The maximum atomic E-state index is 12.6. The van der Waals surface area contributed by atoms with Crippen molar-refractivity contribution in [2.45, 2.75) is 6.18 Å². The number of nitrogens with one attached hydrogen (secondary N) is 2. The number of hydrogen-bond donors (Lipinski definition) is 2. The maximum Gasteiger partial charge on any atom is 0.416 e. The molecule has 0 aliphatic rings. The van der Waals surface area contributed by atoms with Crippen LogP contribution in [0.15, 0.2) is 47.8 Å². The highest BCUT2D eigenvalue weighted by Gasteiger charge is 2.30. The number of carbonyl (C=O) groups excluding carboxylic acids is 1. The molecule has 0 spiro atoms. The van der Waals surface area contributed by atoms with Crippen LogP contribution in [-0.4, -0.2) is 22.6 Å². The van der Waals surface area contributed by atoms with E-state index in [1.165, 1.54) is 23.5 Å². The van der Waals surface area contributed by atoms with E-state index in [4.69, 9.17) is 0 Å². The molecule has 0 saturated carbocycles. The van der Waals surface area contributed by atoms with Gasteiger partial charge in [0.2, 0.25) is 0 Å². The average molecular weight is 375 g/mol. The number of thiophene rings is 1. The SMILES string of the molecule is O=C(NCC#Cc1cccc(C(F)(F)F)c1)c1cc(-c2cccs2)[nH]n1. The van der Waals surface area contributed by atoms with Crippen LogP contribution < -0.4 is 5.32 Å². The summed E-state index contributed by atoms with van der Waals surface area (Å²) in [5, 5.41) is 11.2. The first-order valence-electron chi connectivity index (χ1n) is 7.47. The molecule has 132 valence electrons. The van der Waals surface area contributed by atoms with Gasteiger partial charge in [-0.1, -0.05) is 24.0 Å². The molecule has 3 aromatic rings. The van der Waals surface area contributed by atoms with Gasteiger partial charge in [0.05, 0.1) is 22.7 Å². The van der Waals surface area contributed by atoms with Crippen LogP contribution in [0.25, 0.3) is 10.6 Å². The van der Waals surface area contributed by atoms with Crippen molar-refractivity contribution in [1.29, 1.82) is 0 Å². The Balaban J connectivity index is 1.59. The van der Waals surface area contributed by atoms with Gasteiger partial charge >= 0.3 is 6.18 Å². The van der Waals surface area contributed by atoms with E-state index in [0.717, 1.165) is 22.7 Å². The Bertz CT molecular complexity index is 965. The molecule has 0 fully saturated rings. The Kier molecular flexibility index (Phi) is 5.09. The predicted molar refractivity (Wildman–Crippen MR) is 92.6 cm³/mol. The highest BCUT2D eigenvalue weighted by Crippen LogP contribution is 2.29. The number of alkyl halides is 3. The molecule has 2 heterocycles. The van der Waals surface area contributed by atoms with E-state index < -0.39 is 17.6 Å². The molecule has 0 bridgehead atoms. The molecule has 3 rings (SSSR count). The molecule has 4 nitrogen and oxygen atoms in total. The number of carbonyl (C=O) groups is 1. The fourth-order valence-corrected chi connectivity index (χ4v) is 2.82. The molecular weight excluding hydrogens is 363 g/mol. The molecule has 0 saturated heterocycles. The van der Waals surface area contributed by atoms with Crippen LogP contribution >= 0.6 is 11.3 Å². The number of rotatable bonds is 3. The zero-order valence-electron chi connectivity index (χ0n) is 13.2. The summed E-state index contributed by atoms with van der Waals surface area (Å²) in [5.74, 6) is 4.82. The molecule has 0 aliphatic carbocycles. The average Bonchev–Trinajstić information content (AvgIpc) is 3.29. The van der Waals surface area contributed by atoms with Crippen molar-refractivity contribution in [3.63, 3.8) is 0 Å². The lowest BCUT2D eigenvalue weighted by Gasteiger charge is -2.05. The van der Waals surface area contributed by atoms with Crippen LogP contribution in [0.1, 0.15) is 21.6 Å². The highest BCUT2D eigenvalue weighted by molar-refractivity contribution is 7.13. The van der Waals surface area contributed by atoms with Crippen LogP contribution in [-0.2, 0) is 6.18 Å². The van der Waals surface area contributed by atoms with Crippen LogP contribution in [0, 0.1) is 11.8 Å². The highest BCUT2D eigenvalue weighted by atomic mass is 32.1. The van der Waals surface area contributed by atoms with Crippen LogP contribution in [0.4, 0.5) is 13.2 Å². The smallest absolute Gasteiger partial charge is 0.340 e. The number of hydrogen-bond acceptors (Lipinski definition) is 3. The van der Waals surface area contributed by atoms with E-state index in [0.29, 0.717) is 0 Å². The van der Waals surface area contributed by atoms with Crippen molar-refractivity contribution in [1.82, 2.24) is 15.5 Å². The lowest BCUT2D eigenvalue weighted by molar-refractivity contribution is -0.137. The van der Waals surface area contributed by atoms with E-state index in [1.807, 2.05) is 17.5 Å². The minimum Gasteiger partial charge on any atom is -0.340 e. The number of amides is 1. The van der Waals surface area contributed by atoms with Gasteiger partial charge in [-0.25, -0.2) is 0 Å². The van der Waals surface area contributed by atoms with E-state index in [9.17, 15) is 18.0 Å². The molecule has 0 unspecified atom stereocenters. The zero-order chi connectivity index (χ0) is 18.6. The summed E-state index contributed by atoms with van der Waals surface area (Å²) < 4.78 is 37.9. The van der Waals surface area contributed by atoms with Gasteiger partial charge in [-0.05, 0) is 35.7 Å². The molecule has 1 amide bonds. The summed E-state index contributed by atoms with van der Waals surface area (Å²) >= 11 is 1.52. The van der Waals surface area contributed by atoms with Gasteiger partial charge in [0.25, 0.3) is 5.91 Å². The summed E-state index contributed by atoms with van der Waals surface area (Å²) in [6.45, 7) is -0.00370. The van der Waals surface area contributed by atoms with Crippen molar-refractivity contribution in [3.8, 4) is 22.4 Å². The Morgan fingerprint density at radius 2 is 2.08 bits per heavy atom. The van der Waals surface area contributed by atoms with Gasteiger partial charge in [0, 0.05) is 5.56 Å². The topological polar surface area (TPSA) is 57.8 Å². The van der Waals surface area contributed by atoms with Crippen molar-refractivity contribution >= 4 is 17.2 Å². The van der Waals surface area contributed by atoms with Gasteiger partial charge in [0.15, 0.2) is 5.69 Å². The molecule has 2 aromatic heterocycles. The first kappa shape index (κ1) is 17.8. The van der Waals surface area contributed by atoms with Crippen molar-refractivity contribution < 1.29 is 18.0 Å². The van der Waals surface area contributed by atoms with Gasteiger partial charge in [-0.15, -0.1) is 11.3 Å². The minimum atomic E-state index is -4.41. The summed E-state index contributed by atoms with van der Waals surface area (Å²) in [6.07, 6.45) is -4.41. The number of nitrogens with zero attached hydrogens (tertiary/aromatic N) is 1. The van der Waals surface area contributed by atoms with Crippen LogP contribution in [0.5, 0.6) is 0 Å². The Labute approximate surface area is 151 Å². The Hall–Kier alpha value is -3.05. The fraction of sp³-hybridized carbons (Fsp3) is 0.111. The molecule has 1 aromatic carbocycles. The standard InChI is InChI=1S/C18H12F3N3OS/c19-18(20,21)13-6-1-4-12(10-13)5-2-8-22-17(25)15-11-14(23-24-15)16-7-3-9-26-16/h1,3-4,6-7,9-11H,8H2,(H,22,25)(H,23,24). The van der Waals surface area contributed by atoms with Crippen LogP contribution in [0.2, 0.25) is 0 Å². The van der Waals surface area contributed by atoms with Crippen molar-refractivity contribution in [2.24, 2.45) is 0 Å². The lowest BCUT2D eigenvalue weighted by atomic mass is 10.1. The molecule has 26 heavy (non-hydrogen) atoms. The third-order valence-electron chi connectivity index (χ3n) is 3.36. The van der Waals surface area contributed by atoms with Crippen LogP contribution in [0.3, 0.4) is 0 Å². The minimum absolute atomic E-state index is 0.00370. The largest absolute Gasteiger partial charge is 0.416 e. The molecule has 0 aliphatic heterocycles. The molecule has 0 radical (unpaired) electrons. The van der Waals surface area contributed by atoms with Crippen molar-refractivity contribution in [2.75, 3.05) is 6.54 Å². The summed E-state index contributed by atoms with van der Waals surface area (Å²) in [7, 11) is 0. The van der Waals surface area contributed by atoms with Crippen molar-refractivity contribution in [3.05, 3.63) is 64.7 Å².